The van der Waals surface area contributed by atoms with Gasteiger partial charge in [-0.15, -0.1) is 0 Å². The number of hydrogen-bond acceptors (Lipinski definition) is 3. The topological polar surface area (TPSA) is 61.8 Å². The van der Waals surface area contributed by atoms with Crippen molar-refractivity contribution in [2.45, 2.75) is 12.6 Å². The number of hydrogen-bond donors (Lipinski definition) is 2. The van der Waals surface area contributed by atoms with Crippen LogP contribution in [0.15, 0.2) is 24.3 Å². The number of benzene rings is 1. The molecule has 1 aromatic carbocycles. The second-order valence-corrected chi connectivity index (χ2v) is 3.27. The molecule has 0 aliphatic carbocycles. The molecule has 0 bridgehead atoms. The molecule has 1 aliphatic rings. The van der Waals surface area contributed by atoms with E-state index in [0.29, 0.717) is 0 Å². The number of para-hydroxylation sites is 1. The fourth-order valence-corrected chi connectivity index (χ4v) is 1.61. The number of anilines is 1. The number of rotatable bonds is 0. The average molecular weight is 173 g/mol. The number of nitrogens with two attached hydrogens (primary N) is 1. The lowest BCUT2D eigenvalue weighted by Gasteiger charge is -2.27. The molecule has 0 aromatic heterocycles. The summed E-state index contributed by atoms with van der Waals surface area (Å²) in [6.07, 6.45) is 0.515. The van der Waals surface area contributed by atoms with Crippen LogP contribution in [0.2, 0.25) is 0 Å². The van der Waals surface area contributed by atoms with Gasteiger partial charge in [0.2, 0.25) is 0 Å². The molecule has 3 N–H and O–H groups in total. The minimum atomic E-state index is -0.236. The van der Waals surface area contributed by atoms with Crippen LogP contribution in [0.1, 0.15) is 5.56 Å². The van der Waals surface area contributed by atoms with E-state index >= 15 is 0 Å². The lowest BCUT2D eigenvalue weighted by atomic mass is 9.93. The molecule has 0 amide bonds. The van der Waals surface area contributed by atoms with Crippen molar-refractivity contribution in [1.82, 2.24) is 0 Å². The summed E-state index contributed by atoms with van der Waals surface area (Å²) in [6, 6.07) is 10.2. The Labute approximate surface area is 77.2 Å². The van der Waals surface area contributed by atoms with Gasteiger partial charge in [-0.05, 0) is 18.1 Å². The standard InChI is InChI=1S/C10H11N3/c11-6-8-5-7-3-1-2-4-9(7)13-10(8)12/h1-4,8,10,13H,5,12H2. The molecule has 1 aromatic rings. The van der Waals surface area contributed by atoms with Gasteiger partial charge in [0.25, 0.3) is 0 Å². The van der Waals surface area contributed by atoms with E-state index in [2.05, 4.69) is 11.4 Å². The lowest BCUT2D eigenvalue weighted by molar-refractivity contribution is 0.537. The maximum atomic E-state index is 8.82. The first-order chi connectivity index (χ1) is 6.31. The van der Waals surface area contributed by atoms with Crippen LogP contribution in [0.5, 0.6) is 0 Å². The Kier molecular flexibility index (Phi) is 1.91. The van der Waals surface area contributed by atoms with Gasteiger partial charge in [0, 0.05) is 5.69 Å². The van der Waals surface area contributed by atoms with Gasteiger partial charge in [0.1, 0.15) is 0 Å². The van der Waals surface area contributed by atoms with Crippen molar-refractivity contribution in [2.75, 3.05) is 5.32 Å². The fraction of sp³-hybridized carbons (Fsp3) is 0.300. The SMILES string of the molecule is N#CC1Cc2ccccc2NC1N. The van der Waals surface area contributed by atoms with Gasteiger partial charge >= 0.3 is 0 Å². The summed E-state index contributed by atoms with van der Waals surface area (Å²) in [5.41, 5.74) is 8.00. The third-order valence-electron chi connectivity index (χ3n) is 2.38. The second kappa shape index (κ2) is 3.08. The lowest BCUT2D eigenvalue weighted by Crippen LogP contribution is -2.41. The van der Waals surface area contributed by atoms with E-state index in [1.165, 1.54) is 5.56 Å². The predicted octanol–water partition coefficient (Wildman–Crippen LogP) is 1.08. The maximum absolute atomic E-state index is 8.82. The molecule has 0 fully saturated rings. The third kappa shape index (κ3) is 1.36. The minimum absolute atomic E-state index is 0.116. The van der Waals surface area contributed by atoms with E-state index < -0.39 is 0 Å². The fourth-order valence-electron chi connectivity index (χ4n) is 1.61. The normalized spacial score (nSPS) is 25.5. The molecule has 3 nitrogen and oxygen atoms in total. The molecule has 66 valence electrons. The van der Waals surface area contributed by atoms with E-state index in [1.807, 2.05) is 24.3 Å². The molecule has 1 aliphatic heterocycles. The molecule has 1 heterocycles. The predicted molar refractivity (Wildman–Crippen MR) is 50.8 cm³/mol. The first-order valence-electron chi connectivity index (χ1n) is 4.31. The Hall–Kier alpha value is -1.53. The average Bonchev–Trinajstić information content (AvgIpc) is 2.17. The van der Waals surface area contributed by atoms with Crippen LogP contribution in [0, 0.1) is 17.2 Å². The first-order valence-corrected chi connectivity index (χ1v) is 4.31. The van der Waals surface area contributed by atoms with Gasteiger partial charge in [-0.3, -0.25) is 0 Å². The molecule has 0 saturated heterocycles. The van der Waals surface area contributed by atoms with Gasteiger partial charge in [0.15, 0.2) is 0 Å². The summed E-state index contributed by atoms with van der Waals surface area (Å²) in [5.74, 6) is -0.116. The third-order valence-corrected chi connectivity index (χ3v) is 2.38. The van der Waals surface area contributed by atoms with Crippen LogP contribution in [0.3, 0.4) is 0 Å². The Morgan fingerprint density at radius 2 is 2.23 bits per heavy atom. The summed E-state index contributed by atoms with van der Waals surface area (Å²) in [7, 11) is 0. The first kappa shape index (κ1) is 8.09. The van der Waals surface area contributed by atoms with Crippen molar-refractivity contribution in [2.24, 2.45) is 11.7 Å². The van der Waals surface area contributed by atoms with Crippen molar-refractivity contribution >= 4 is 5.69 Å². The minimum Gasteiger partial charge on any atom is -0.369 e. The zero-order valence-electron chi connectivity index (χ0n) is 7.20. The van der Waals surface area contributed by atoms with Crippen molar-refractivity contribution < 1.29 is 0 Å². The largest absolute Gasteiger partial charge is 0.369 e. The van der Waals surface area contributed by atoms with Crippen LogP contribution in [0.25, 0.3) is 0 Å². The molecule has 3 heteroatoms. The maximum Gasteiger partial charge on any atom is 0.0907 e. The van der Waals surface area contributed by atoms with Crippen LogP contribution < -0.4 is 11.1 Å². The summed E-state index contributed by atoms with van der Waals surface area (Å²) >= 11 is 0. The molecule has 2 unspecified atom stereocenters. The highest BCUT2D eigenvalue weighted by Gasteiger charge is 2.24. The highest BCUT2D eigenvalue weighted by Crippen LogP contribution is 2.25. The zero-order valence-corrected chi connectivity index (χ0v) is 7.20. The van der Waals surface area contributed by atoms with Crippen LogP contribution in [0.4, 0.5) is 5.69 Å². The van der Waals surface area contributed by atoms with E-state index in [1.54, 1.807) is 0 Å². The molecule has 13 heavy (non-hydrogen) atoms. The van der Waals surface area contributed by atoms with Gasteiger partial charge in [-0.25, -0.2) is 0 Å². The van der Waals surface area contributed by atoms with E-state index in [4.69, 9.17) is 11.0 Å². The molecule has 2 atom stereocenters. The quantitative estimate of drug-likeness (QED) is 0.617. The van der Waals surface area contributed by atoms with Crippen molar-refractivity contribution in [3.05, 3.63) is 29.8 Å². The molecular formula is C10H11N3. The highest BCUT2D eigenvalue weighted by atomic mass is 15.0. The van der Waals surface area contributed by atoms with Crippen LogP contribution >= 0.6 is 0 Å². The Bertz CT molecular complexity index is 353. The Morgan fingerprint density at radius 1 is 1.46 bits per heavy atom. The van der Waals surface area contributed by atoms with Gasteiger partial charge < -0.3 is 11.1 Å². The molecule has 0 spiro atoms. The Balaban J connectivity index is 2.34. The summed E-state index contributed by atoms with van der Waals surface area (Å²) in [5, 5.41) is 11.9. The van der Waals surface area contributed by atoms with E-state index in [0.717, 1.165) is 12.1 Å². The second-order valence-electron chi connectivity index (χ2n) is 3.27. The molecule has 2 rings (SSSR count). The van der Waals surface area contributed by atoms with E-state index in [-0.39, 0.29) is 12.1 Å². The summed E-state index contributed by atoms with van der Waals surface area (Å²) in [6.45, 7) is 0. The van der Waals surface area contributed by atoms with Crippen molar-refractivity contribution in [1.29, 1.82) is 5.26 Å². The number of nitriles is 1. The molecule has 0 saturated carbocycles. The van der Waals surface area contributed by atoms with Gasteiger partial charge in [0.05, 0.1) is 18.2 Å². The summed E-state index contributed by atoms with van der Waals surface area (Å²) < 4.78 is 0. The van der Waals surface area contributed by atoms with E-state index in [9.17, 15) is 0 Å². The molecule has 0 radical (unpaired) electrons. The van der Waals surface area contributed by atoms with Gasteiger partial charge in [-0.2, -0.15) is 5.26 Å². The highest BCUT2D eigenvalue weighted by molar-refractivity contribution is 5.54. The molecular weight excluding hydrogens is 162 g/mol. The van der Waals surface area contributed by atoms with Crippen molar-refractivity contribution in [3.8, 4) is 6.07 Å². The smallest absolute Gasteiger partial charge is 0.0907 e. The summed E-state index contributed by atoms with van der Waals surface area (Å²) in [4.78, 5) is 0. The monoisotopic (exact) mass is 173 g/mol. The van der Waals surface area contributed by atoms with Crippen molar-refractivity contribution in [3.63, 3.8) is 0 Å². The zero-order chi connectivity index (χ0) is 9.26. The number of fused-ring (bicyclic) bond motifs is 1. The van der Waals surface area contributed by atoms with Crippen LogP contribution in [-0.2, 0) is 6.42 Å². The number of nitrogens with one attached hydrogen (secondary N) is 1. The van der Waals surface area contributed by atoms with Crippen LogP contribution in [-0.4, -0.2) is 6.17 Å². The van der Waals surface area contributed by atoms with Gasteiger partial charge in [-0.1, -0.05) is 18.2 Å². The number of nitrogens with zero attached hydrogens (tertiary/aromatic N) is 1. The Morgan fingerprint density at radius 3 is 3.00 bits per heavy atom.